The molecule has 2 rings (SSSR count). The highest BCUT2D eigenvalue weighted by Crippen LogP contribution is 2.24. The smallest absolute Gasteiger partial charge is 0.138 e. The molecule has 0 aromatic carbocycles. The third-order valence-corrected chi connectivity index (χ3v) is 3.10. The summed E-state index contributed by atoms with van der Waals surface area (Å²) in [5.74, 6) is 1.86. The zero-order chi connectivity index (χ0) is 13.8. The molecule has 0 aliphatic heterocycles. The Morgan fingerprint density at radius 3 is 2.79 bits per heavy atom. The van der Waals surface area contributed by atoms with E-state index in [1.165, 1.54) is 5.57 Å². The summed E-state index contributed by atoms with van der Waals surface area (Å²) < 4.78 is 5.36. The van der Waals surface area contributed by atoms with Crippen LogP contribution >= 0.6 is 0 Å². The molecule has 0 saturated heterocycles. The fourth-order valence-electron chi connectivity index (χ4n) is 2.23. The number of aromatic amines is 1. The minimum atomic E-state index is 0.846. The normalized spacial score (nSPS) is 17.2. The number of nitrogens with zero attached hydrogens (tertiary/aromatic N) is 1. The van der Waals surface area contributed by atoms with Crippen molar-refractivity contribution in [2.45, 2.75) is 27.2 Å². The molecule has 0 spiro atoms. The number of rotatable bonds is 4. The Hall–Kier alpha value is -1.97. The summed E-state index contributed by atoms with van der Waals surface area (Å²) in [4.78, 5) is 7.70. The lowest BCUT2D eigenvalue weighted by Gasteiger charge is -2.17. The fraction of sp³-hybridized carbons (Fsp3) is 0.400. The van der Waals surface area contributed by atoms with Crippen LogP contribution in [0.3, 0.4) is 0 Å². The zero-order valence-corrected chi connectivity index (χ0v) is 12.0. The molecule has 0 radical (unpaired) electrons. The number of H-pyrrole nitrogens is 1. The van der Waals surface area contributed by atoms with Gasteiger partial charge in [0.05, 0.1) is 18.5 Å². The van der Waals surface area contributed by atoms with Gasteiger partial charge in [-0.1, -0.05) is 6.08 Å². The quantitative estimate of drug-likeness (QED) is 0.874. The van der Waals surface area contributed by atoms with E-state index in [4.69, 9.17) is 4.74 Å². The summed E-state index contributed by atoms with van der Waals surface area (Å²) in [7, 11) is 1.70. The molecular weight excluding hydrogens is 238 g/mol. The van der Waals surface area contributed by atoms with E-state index in [0.717, 1.165) is 41.6 Å². The maximum Gasteiger partial charge on any atom is 0.138 e. The molecule has 0 saturated carbocycles. The third-order valence-electron chi connectivity index (χ3n) is 3.10. The van der Waals surface area contributed by atoms with Gasteiger partial charge in [0, 0.05) is 18.7 Å². The lowest BCUT2D eigenvalue weighted by Crippen LogP contribution is -2.17. The number of hydrogen-bond donors (Lipinski definition) is 2. The molecule has 102 valence electrons. The van der Waals surface area contributed by atoms with Gasteiger partial charge >= 0.3 is 0 Å². The molecule has 1 aromatic rings. The van der Waals surface area contributed by atoms with Gasteiger partial charge in [-0.3, -0.25) is 0 Å². The Kier molecular flexibility index (Phi) is 4.10. The van der Waals surface area contributed by atoms with Crippen molar-refractivity contribution < 1.29 is 4.74 Å². The minimum absolute atomic E-state index is 0.846. The van der Waals surface area contributed by atoms with Crippen LogP contribution in [0.2, 0.25) is 0 Å². The Labute approximate surface area is 114 Å². The van der Waals surface area contributed by atoms with Crippen LogP contribution in [0.4, 0.5) is 0 Å². The first-order chi connectivity index (χ1) is 9.13. The van der Waals surface area contributed by atoms with Gasteiger partial charge in [-0.2, -0.15) is 0 Å². The lowest BCUT2D eigenvalue weighted by molar-refractivity contribution is 0.297. The second kappa shape index (κ2) is 5.78. The highest BCUT2D eigenvalue weighted by molar-refractivity contribution is 5.57. The van der Waals surface area contributed by atoms with Crippen LogP contribution < -0.4 is 5.32 Å². The van der Waals surface area contributed by atoms with Gasteiger partial charge in [0.15, 0.2) is 0 Å². The maximum absolute atomic E-state index is 5.36. The van der Waals surface area contributed by atoms with E-state index >= 15 is 0 Å². The zero-order valence-electron chi connectivity index (χ0n) is 12.0. The number of hydrogen-bond acceptors (Lipinski definition) is 3. The van der Waals surface area contributed by atoms with Crippen LogP contribution in [0.5, 0.6) is 0 Å². The molecule has 1 aliphatic carbocycles. The molecule has 0 atom stereocenters. The summed E-state index contributed by atoms with van der Waals surface area (Å²) in [6, 6.07) is 0. The average Bonchev–Trinajstić information content (AvgIpc) is 2.69. The lowest BCUT2D eigenvalue weighted by atomic mass is 10.0. The molecule has 1 aliphatic rings. The van der Waals surface area contributed by atoms with Crippen molar-refractivity contribution in [3.05, 3.63) is 46.4 Å². The monoisotopic (exact) mass is 259 g/mol. The van der Waals surface area contributed by atoms with Crippen molar-refractivity contribution in [2.24, 2.45) is 0 Å². The molecule has 1 aromatic heterocycles. The predicted molar refractivity (Wildman–Crippen MR) is 77.5 cm³/mol. The Bertz CT molecular complexity index is 550. The van der Waals surface area contributed by atoms with Gasteiger partial charge in [-0.05, 0) is 38.5 Å². The fourth-order valence-corrected chi connectivity index (χ4v) is 2.23. The van der Waals surface area contributed by atoms with E-state index in [0.29, 0.717) is 0 Å². The van der Waals surface area contributed by atoms with Crippen molar-refractivity contribution in [1.82, 2.24) is 15.3 Å². The Morgan fingerprint density at radius 1 is 1.42 bits per heavy atom. The van der Waals surface area contributed by atoms with Gasteiger partial charge in [-0.15, -0.1) is 0 Å². The van der Waals surface area contributed by atoms with Gasteiger partial charge in [0.25, 0.3) is 0 Å². The highest BCUT2D eigenvalue weighted by atomic mass is 16.5. The summed E-state index contributed by atoms with van der Waals surface area (Å²) in [5.41, 5.74) is 4.47. The van der Waals surface area contributed by atoms with Crippen LogP contribution in [0.15, 0.2) is 29.2 Å². The van der Waals surface area contributed by atoms with Crippen LogP contribution in [0.25, 0.3) is 6.08 Å². The number of nitrogens with one attached hydrogen (secondary N) is 2. The number of aryl methyl sites for hydroxylation is 2. The van der Waals surface area contributed by atoms with Crippen molar-refractivity contribution >= 4 is 6.08 Å². The number of imidazole rings is 1. The second-order valence-corrected chi connectivity index (χ2v) is 4.64. The van der Waals surface area contributed by atoms with Crippen molar-refractivity contribution in [2.75, 3.05) is 13.7 Å². The first kappa shape index (κ1) is 13.5. The molecule has 2 N–H and O–H groups in total. The molecule has 0 amide bonds. The maximum atomic E-state index is 5.36. The van der Waals surface area contributed by atoms with Crippen molar-refractivity contribution in [3.8, 4) is 0 Å². The van der Waals surface area contributed by atoms with Gasteiger partial charge in [-0.25, -0.2) is 4.98 Å². The van der Waals surface area contributed by atoms with E-state index in [9.17, 15) is 0 Å². The van der Waals surface area contributed by atoms with Gasteiger partial charge < -0.3 is 15.0 Å². The van der Waals surface area contributed by atoms with Crippen LogP contribution in [0.1, 0.15) is 30.6 Å². The van der Waals surface area contributed by atoms with Crippen LogP contribution in [-0.2, 0) is 4.74 Å². The summed E-state index contributed by atoms with van der Waals surface area (Å²) >= 11 is 0. The van der Waals surface area contributed by atoms with Crippen LogP contribution in [0, 0.1) is 13.8 Å². The Morgan fingerprint density at radius 2 is 2.21 bits per heavy atom. The molecule has 1 heterocycles. The average molecular weight is 259 g/mol. The first-order valence-corrected chi connectivity index (χ1v) is 6.57. The molecule has 4 nitrogen and oxygen atoms in total. The molecule has 19 heavy (non-hydrogen) atoms. The third kappa shape index (κ3) is 3.08. The van der Waals surface area contributed by atoms with E-state index in [2.05, 4.69) is 34.4 Å². The van der Waals surface area contributed by atoms with Crippen LogP contribution in [-0.4, -0.2) is 23.6 Å². The molecular formula is C15H21N3O. The van der Waals surface area contributed by atoms with Gasteiger partial charge in [0.2, 0.25) is 0 Å². The molecule has 0 unspecified atom stereocenters. The summed E-state index contributed by atoms with van der Waals surface area (Å²) in [5, 5.41) is 3.36. The second-order valence-electron chi connectivity index (χ2n) is 4.64. The molecule has 0 fully saturated rings. The topological polar surface area (TPSA) is 49.9 Å². The van der Waals surface area contributed by atoms with E-state index in [1.807, 2.05) is 19.9 Å². The number of ether oxygens (including phenoxy) is 1. The summed E-state index contributed by atoms with van der Waals surface area (Å²) in [6.07, 6.45) is 7.06. The number of aromatic nitrogens is 2. The SMILES string of the molecule is CCNC1=C(OC)C=CC(=Cc2nc(C)[nH]c2C)C1. The number of methoxy groups -OCH3 is 1. The summed E-state index contributed by atoms with van der Waals surface area (Å²) in [6.45, 7) is 6.99. The van der Waals surface area contributed by atoms with E-state index < -0.39 is 0 Å². The van der Waals surface area contributed by atoms with E-state index in [1.54, 1.807) is 7.11 Å². The van der Waals surface area contributed by atoms with Crippen molar-refractivity contribution in [3.63, 3.8) is 0 Å². The van der Waals surface area contributed by atoms with E-state index in [-0.39, 0.29) is 0 Å². The van der Waals surface area contributed by atoms with Crippen molar-refractivity contribution in [1.29, 1.82) is 0 Å². The largest absolute Gasteiger partial charge is 0.495 e. The predicted octanol–water partition coefficient (Wildman–Crippen LogP) is 2.84. The number of allylic oxidation sites excluding steroid dienone is 3. The first-order valence-electron chi connectivity index (χ1n) is 6.57. The minimum Gasteiger partial charge on any atom is -0.495 e. The standard InChI is InChI=1S/C15H21N3O/c1-5-16-14-9-12(6-7-15(14)19-4)8-13-10(2)17-11(3)18-13/h6-8,16H,5,9H2,1-4H3,(H,17,18). The molecule has 4 heteroatoms. The highest BCUT2D eigenvalue weighted by Gasteiger charge is 2.12. The van der Waals surface area contributed by atoms with Gasteiger partial charge in [0.1, 0.15) is 11.6 Å². The molecule has 0 bridgehead atoms. The Balaban J connectivity index is 2.23.